The van der Waals surface area contributed by atoms with Crippen LogP contribution in [0.5, 0.6) is 0 Å². The van der Waals surface area contributed by atoms with E-state index in [0.29, 0.717) is 0 Å². The van der Waals surface area contributed by atoms with Crippen molar-refractivity contribution < 1.29 is 0 Å². The van der Waals surface area contributed by atoms with Crippen molar-refractivity contribution >= 4 is 24.5 Å². The Balaban J connectivity index is 1.95. The molecular weight excluding hydrogens is 390 g/mol. The van der Waals surface area contributed by atoms with Gasteiger partial charge in [0.25, 0.3) is 0 Å². The number of fused-ring (bicyclic) bond motifs is 1. The molecule has 1 nitrogen and oxygen atoms in total. The maximum Gasteiger partial charge on any atom is 0.129 e. The van der Waals surface area contributed by atoms with E-state index in [1.54, 1.807) is 0 Å². The van der Waals surface area contributed by atoms with Crippen LogP contribution in [0.1, 0.15) is 22.6 Å². The van der Waals surface area contributed by atoms with E-state index >= 15 is 0 Å². The van der Waals surface area contributed by atoms with Crippen LogP contribution >= 0.6 is 0 Å². The first-order valence-corrected chi connectivity index (χ1v) is 14.3. The molecular formula is C29H29NSi. The van der Waals surface area contributed by atoms with E-state index in [-0.39, 0.29) is 5.92 Å². The summed E-state index contributed by atoms with van der Waals surface area (Å²) in [5.74, 6) is 3.69. The van der Waals surface area contributed by atoms with Crippen LogP contribution < -0.4 is 0 Å². The number of aromatic nitrogens is 1. The second-order valence-electron chi connectivity index (χ2n) is 9.05. The molecule has 0 amide bonds. The van der Waals surface area contributed by atoms with Crippen LogP contribution in [0, 0.1) is 11.5 Å². The Hall–Kier alpha value is -3.28. The van der Waals surface area contributed by atoms with Crippen molar-refractivity contribution in [2.24, 2.45) is 7.05 Å². The predicted molar refractivity (Wildman–Crippen MR) is 137 cm³/mol. The van der Waals surface area contributed by atoms with Crippen LogP contribution in [0.4, 0.5) is 0 Å². The average Bonchev–Trinajstić information content (AvgIpc) is 3.11. The van der Waals surface area contributed by atoms with Gasteiger partial charge in [0.05, 0.1) is 0 Å². The summed E-state index contributed by atoms with van der Waals surface area (Å²) in [4.78, 5) is 0. The Labute approximate surface area is 187 Å². The average molecular weight is 420 g/mol. The lowest BCUT2D eigenvalue weighted by atomic mass is 9.88. The monoisotopic (exact) mass is 419 g/mol. The normalized spacial score (nSPS) is 13.0. The molecule has 0 aliphatic rings. The molecule has 0 aliphatic heterocycles. The third kappa shape index (κ3) is 4.90. The SMILES string of the molecule is Cn1cc(C(/C=C(\C#C[Si](C)(C)C)c2ccccc2)c2ccccc2)c2ccccc21. The fraction of sp³-hybridized carbons (Fsp3) is 0.172. The first-order chi connectivity index (χ1) is 14.9. The Morgan fingerprint density at radius 1 is 0.839 bits per heavy atom. The Morgan fingerprint density at radius 2 is 1.45 bits per heavy atom. The summed E-state index contributed by atoms with van der Waals surface area (Å²) in [6, 6.07) is 30.0. The number of aryl methyl sites for hydroxylation is 1. The van der Waals surface area contributed by atoms with E-state index in [2.05, 4.69) is 140 Å². The molecule has 2 heteroatoms. The summed E-state index contributed by atoms with van der Waals surface area (Å²) < 4.78 is 2.23. The second-order valence-corrected chi connectivity index (χ2v) is 13.8. The number of rotatable bonds is 4. The van der Waals surface area contributed by atoms with E-state index in [4.69, 9.17) is 0 Å². The molecule has 0 spiro atoms. The van der Waals surface area contributed by atoms with Gasteiger partial charge >= 0.3 is 0 Å². The van der Waals surface area contributed by atoms with Gasteiger partial charge in [-0.25, -0.2) is 0 Å². The maximum atomic E-state index is 3.59. The first-order valence-electron chi connectivity index (χ1n) is 10.8. The summed E-state index contributed by atoms with van der Waals surface area (Å²) in [5, 5.41) is 1.29. The van der Waals surface area contributed by atoms with E-state index in [9.17, 15) is 0 Å². The van der Waals surface area contributed by atoms with Crippen molar-refractivity contribution in [1.82, 2.24) is 4.57 Å². The van der Waals surface area contributed by atoms with Crippen molar-refractivity contribution in [3.8, 4) is 11.5 Å². The summed E-state index contributed by atoms with van der Waals surface area (Å²) in [5.41, 5.74) is 9.71. The minimum Gasteiger partial charge on any atom is -0.350 e. The van der Waals surface area contributed by atoms with Gasteiger partial charge in [-0.2, -0.15) is 0 Å². The highest BCUT2D eigenvalue weighted by molar-refractivity contribution is 6.84. The molecule has 1 heterocycles. The lowest BCUT2D eigenvalue weighted by molar-refractivity contribution is 0.941. The van der Waals surface area contributed by atoms with Crippen molar-refractivity contribution in [3.63, 3.8) is 0 Å². The Kier molecular flexibility index (Phi) is 5.98. The fourth-order valence-electron chi connectivity index (χ4n) is 3.90. The van der Waals surface area contributed by atoms with Gasteiger partial charge in [-0.1, -0.05) is 111 Å². The molecule has 1 atom stereocenters. The van der Waals surface area contributed by atoms with E-state index < -0.39 is 8.07 Å². The fourth-order valence-corrected chi connectivity index (χ4v) is 4.41. The van der Waals surface area contributed by atoms with Crippen LogP contribution in [0.15, 0.2) is 97.2 Å². The number of allylic oxidation sites excluding steroid dienone is 2. The van der Waals surface area contributed by atoms with E-state index in [1.807, 2.05) is 0 Å². The highest BCUT2D eigenvalue weighted by Gasteiger charge is 2.18. The number of hydrogen-bond donors (Lipinski definition) is 0. The summed E-state index contributed by atoms with van der Waals surface area (Å²) in [6.45, 7) is 6.88. The number of benzene rings is 3. The van der Waals surface area contributed by atoms with Crippen LogP contribution in [-0.2, 0) is 7.05 Å². The smallest absolute Gasteiger partial charge is 0.129 e. The quantitative estimate of drug-likeness (QED) is 0.242. The third-order valence-electron chi connectivity index (χ3n) is 5.41. The molecule has 4 aromatic rings. The molecule has 0 bridgehead atoms. The Morgan fingerprint density at radius 3 is 2.13 bits per heavy atom. The molecule has 0 aliphatic carbocycles. The van der Waals surface area contributed by atoms with Gasteiger partial charge in [0, 0.05) is 35.6 Å². The minimum absolute atomic E-state index is 0.124. The molecule has 3 aromatic carbocycles. The van der Waals surface area contributed by atoms with Crippen LogP contribution in [0.25, 0.3) is 16.5 Å². The Bertz CT molecular complexity index is 1260. The van der Waals surface area contributed by atoms with Crippen molar-refractivity contribution in [2.45, 2.75) is 25.6 Å². The largest absolute Gasteiger partial charge is 0.350 e. The van der Waals surface area contributed by atoms with Crippen LogP contribution in [-0.4, -0.2) is 12.6 Å². The van der Waals surface area contributed by atoms with Gasteiger partial charge in [-0.3, -0.25) is 0 Å². The summed E-state index contributed by atoms with van der Waals surface area (Å²) in [6.07, 6.45) is 4.63. The summed E-state index contributed by atoms with van der Waals surface area (Å²) in [7, 11) is 0.618. The number of hydrogen-bond acceptors (Lipinski definition) is 0. The lowest BCUT2D eigenvalue weighted by Gasteiger charge is -2.15. The maximum absolute atomic E-state index is 3.59. The van der Waals surface area contributed by atoms with Crippen LogP contribution in [0.3, 0.4) is 0 Å². The zero-order valence-corrected chi connectivity index (χ0v) is 19.8. The van der Waals surface area contributed by atoms with Gasteiger partial charge in [0.2, 0.25) is 0 Å². The third-order valence-corrected chi connectivity index (χ3v) is 6.29. The number of nitrogens with zero attached hydrogens (tertiary/aromatic N) is 1. The van der Waals surface area contributed by atoms with Crippen molar-refractivity contribution in [3.05, 3.63) is 114 Å². The topological polar surface area (TPSA) is 4.93 Å². The van der Waals surface area contributed by atoms with Crippen LogP contribution in [0.2, 0.25) is 19.6 Å². The van der Waals surface area contributed by atoms with E-state index in [1.165, 1.54) is 27.6 Å². The van der Waals surface area contributed by atoms with Gasteiger partial charge in [-0.05, 0) is 22.8 Å². The van der Waals surface area contributed by atoms with Gasteiger partial charge in [0.15, 0.2) is 0 Å². The first kappa shape index (κ1) is 21.0. The molecule has 1 unspecified atom stereocenters. The van der Waals surface area contributed by atoms with Gasteiger partial charge in [0.1, 0.15) is 8.07 Å². The van der Waals surface area contributed by atoms with Gasteiger partial charge in [-0.15, -0.1) is 5.54 Å². The molecule has 0 fully saturated rings. The zero-order chi connectivity index (χ0) is 21.8. The molecule has 31 heavy (non-hydrogen) atoms. The highest BCUT2D eigenvalue weighted by atomic mass is 28.3. The summed E-state index contributed by atoms with van der Waals surface area (Å²) >= 11 is 0. The molecule has 0 N–H and O–H groups in total. The standard InChI is InChI=1S/C29H29NSi/c1-30-22-28(26-17-11-12-18-29(26)30)27(24-15-9-6-10-16-24)21-25(19-20-31(2,3)4)23-13-7-5-8-14-23/h5-18,21-22,27H,1-4H3/b25-21+. The molecule has 0 saturated heterocycles. The molecule has 1 aromatic heterocycles. The van der Waals surface area contributed by atoms with Crippen molar-refractivity contribution in [2.75, 3.05) is 0 Å². The zero-order valence-electron chi connectivity index (χ0n) is 18.8. The molecule has 4 rings (SSSR count). The molecule has 0 radical (unpaired) electrons. The highest BCUT2D eigenvalue weighted by Crippen LogP contribution is 2.35. The van der Waals surface area contributed by atoms with Crippen molar-refractivity contribution in [1.29, 1.82) is 0 Å². The predicted octanol–water partition coefficient (Wildman–Crippen LogP) is 7.27. The minimum atomic E-state index is -1.51. The van der Waals surface area contributed by atoms with E-state index in [0.717, 1.165) is 5.57 Å². The van der Waals surface area contributed by atoms with Gasteiger partial charge < -0.3 is 4.57 Å². The second kappa shape index (κ2) is 8.84. The lowest BCUT2D eigenvalue weighted by Crippen LogP contribution is -2.16. The number of para-hydroxylation sites is 1. The molecule has 154 valence electrons. The molecule has 0 saturated carbocycles.